The second-order valence-electron chi connectivity index (χ2n) is 4.75. The number of carbonyl (C=O) groups excluding carboxylic acids is 1. The number of aliphatic hydroxyl groups excluding tert-OH is 1. The van der Waals surface area contributed by atoms with Crippen molar-refractivity contribution in [3.63, 3.8) is 0 Å². The zero-order valence-corrected chi connectivity index (χ0v) is 10.5. The number of amides is 1. The third kappa shape index (κ3) is 2.64. The van der Waals surface area contributed by atoms with E-state index in [1.54, 1.807) is 12.1 Å². The first kappa shape index (κ1) is 12.9. The van der Waals surface area contributed by atoms with Crippen molar-refractivity contribution in [3.05, 3.63) is 29.8 Å². The minimum atomic E-state index is -0.00810. The zero-order chi connectivity index (χ0) is 13.0. The van der Waals surface area contributed by atoms with Crippen LogP contribution in [-0.4, -0.2) is 35.1 Å². The van der Waals surface area contributed by atoms with E-state index < -0.39 is 0 Å². The average Bonchev–Trinajstić information content (AvgIpc) is 2.32. The second kappa shape index (κ2) is 5.87. The van der Waals surface area contributed by atoms with E-state index in [9.17, 15) is 4.79 Å². The molecule has 1 aliphatic rings. The van der Waals surface area contributed by atoms with Gasteiger partial charge in [0.1, 0.15) is 0 Å². The molecular formula is C14H20N2O2. The van der Waals surface area contributed by atoms with Gasteiger partial charge in [0.05, 0.1) is 5.56 Å². The summed E-state index contributed by atoms with van der Waals surface area (Å²) in [5.74, 6) is -0.00810. The Balaban J connectivity index is 2.14. The summed E-state index contributed by atoms with van der Waals surface area (Å²) in [6.07, 6.45) is 3.92. The van der Waals surface area contributed by atoms with Crippen molar-refractivity contribution in [2.75, 3.05) is 18.9 Å². The lowest BCUT2D eigenvalue weighted by Gasteiger charge is -2.37. The van der Waals surface area contributed by atoms with Crippen molar-refractivity contribution in [1.82, 2.24) is 4.90 Å². The van der Waals surface area contributed by atoms with E-state index in [2.05, 4.69) is 0 Å². The highest BCUT2D eigenvalue weighted by molar-refractivity contribution is 5.99. The van der Waals surface area contributed by atoms with Crippen LogP contribution in [-0.2, 0) is 0 Å². The van der Waals surface area contributed by atoms with E-state index in [-0.39, 0.29) is 12.5 Å². The van der Waals surface area contributed by atoms with E-state index in [0.29, 0.717) is 30.3 Å². The minimum absolute atomic E-state index is 0.00810. The van der Waals surface area contributed by atoms with Crippen LogP contribution in [0.2, 0.25) is 0 Å². The Morgan fingerprint density at radius 1 is 1.39 bits per heavy atom. The number of rotatable bonds is 5. The number of nitrogens with two attached hydrogens (primary N) is 1. The highest BCUT2D eigenvalue weighted by Crippen LogP contribution is 2.27. The Labute approximate surface area is 107 Å². The summed E-state index contributed by atoms with van der Waals surface area (Å²) in [5, 5.41) is 8.93. The molecule has 3 N–H and O–H groups in total. The molecule has 18 heavy (non-hydrogen) atoms. The van der Waals surface area contributed by atoms with Gasteiger partial charge in [-0.3, -0.25) is 4.79 Å². The lowest BCUT2D eigenvalue weighted by Crippen LogP contribution is -2.45. The number of nitrogen functional groups attached to an aromatic ring is 1. The van der Waals surface area contributed by atoms with Gasteiger partial charge in [-0.25, -0.2) is 0 Å². The average molecular weight is 248 g/mol. The van der Waals surface area contributed by atoms with Gasteiger partial charge in [0.25, 0.3) is 5.91 Å². The molecule has 1 aromatic carbocycles. The fourth-order valence-corrected chi connectivity index (χ4v) is 2.24. The standard InChI is InChI=1S/C14H20N2O2/c15-13-8-2-1-7-12(13)14(18)16(9-4-10-17)11-5-3-6-11/h1-2,7-8,11,17H,3-6,9-10,15H2. The number of para-hydroxylation sites is 1. The number of carbonyl (C=O) groups is 1. The molecule has 0 bridgehead atoms. The summed E-state index contributed by atoms with van der Waals surface area (Å²) in [6.45, 7) is 0.717. The first-order valence-corrected chi connectivity index (χ1v) is 6.50. The first-order valence-electron chi connectivity index (χ1n) is 6.50. The smallest absolute Gasteiger partial charge is 0.256 e. The number of nitrogens with zero attached hydrogens (tertiary/aromatic N) is 1. The van der Waals surface area contributed by atoms with Gasteiger partial charge in [-0.05, 0) is 37.8 Å². The highest BCUT2D eigenvalue weighted by Gasteiger charge is 2.29. The Morgan fingerprint density at radius 2 is 2.11 bits per heavy atom. The van der Waals surface area contributed by atoms with Crippen LogP contribution < -0.4 is 5.73 Å². The van der Waals surface area contributed by atoms with Gasteiger partial charge in [-0.15, -0.1) is 0 Å². The zero-order valence-electron chi connectivity index (χ0n) is 10.5. The lowest BCUT2D eigenvalue weighted by molar-refractivity contribution is 0.0563. The van der Waals surface area contributed by atoms with Crippen LogP contribution in [0.15, 0.2) is 24.3 Å². The molecule has 0 aliphatic heterocycles. The monoisotopic (exact) mass is 248 g/mol. The number of aliphatic hydroxyl groups is 1. The molecule has 1 amide bonds. The summed E-state index contributed by atoms with van der Waals surface area (Å²) in [4.78, 5) is 14.3. The molecule has 1 aliphatic carbocycles. The molecule has 0 unspecified atom stereocenters. The Kier molecular flexibility index (Phi) is 4.20. The molecule has 1 saturated carbocycles. The topological polar surface area (TPSA) is 66.6 Å². The fraction of sp³-hybridized carbons (Fsp3) is 0.500. The molecule has 1 aromatic rings. The van der Waals surface area contributed by atoms with Gasteiger partial charge in [0.15, 0.2) is 0 Å². The van der Waals surface area contributed by atoms with E-state index >= 15 is 0 Å². The van der Waals surface area contributed by atoms with Crippen LogP contribution in [0.4, 0.5) is 5.69 Å². The van der Waals surface area contributed by atoms with E-state index in [1.807, 2.05) is 17.0 Å². The maximum Gasteiger partial charge on any atom is 0.256 e. The van der Waals surface area contributed by atoms with Crippen molar-refractivity contribution >= 4 is 11.6 Å². The van der Waals surface area contributed by atoms with Crippen LogP contribution in [0.3, 0.4) is 0 Å². The molecule has 0 heterocycles. The van der Waals surface area contributed by atoms with Gasteiger partial charge in [0, 0.05) is 24.9 Å². The SMILES string of the molecule is Nc1ccccc1C(=O)N(CCCO)C1CCC1. The normalized spacial score (nSPS) is 15.2. The molecule has 4 heteroatoms. The van der Waals surface area contributed by atoms with E-state index in [1.165, 1.54) is 6.42 Å². The van der Waals surface area contributed by atoms with Crippen LogP contribution in [0.1, 0.15) is 36.0 Å². The second-order valence-corrected chi connectivity index (χ2v) is 4.75. The Hall–Kier alpha value is -1.55. The maximum absolute atomic E-state index is 12.5. The van der Waals surface area contributed by atoms with Gasteiger partial charge < -0.3 is 15.7 Å². The largest absolute Gasteiger partial charge is 0.398 e. The van der Waals surface area contributed by atoms with Crippen LogP contribution in [0.5, 0.6) is 0 Å². The maximum atomic E-state index is 12.5. The predicted molar refractivity (Wildman–Crippen MR) is 71.2 cm³/mol. The summed E-state index contributed by atoms with van der Waals surface area (Å²) in [6, 6.07) is 7.49. The van der Waals surface area contributed by atoms with Gasteiger partial charge in [-0.2, -0.15) is 0 Å². The van der Waals surface area contributed by atoms with Crippen molar-refractivity contribution in [1.29, 1.82) is 0 Å². The minimum Gasteiger partial charge on any atom is -0.398 e. The number of benzene rings is 1. The molecule has 0 saturated heterocycles. The summed E-state index contributed by atoms with van der Waals surface area (Å²) >= 11 is 0. The summed E-state index contributed by atoms with van der Waals surface area (Å²) < 4.78 is 0. The van der Waals surface area contributed by atoms with Crippen LogP contribution in [0.25, 0.3) is 0 Å². The van der Waals surface area contributed by atoms with Crippen LogP contribution in [0, 0.1) is 0 Å². The summed E-state index contributed by atoms with van der Waals surface area (Å²) in [5.41, 5.74) is 6.95. The fourth-order valence-electron chi connectivity index (χ4n) is 2.24. The molecule has 0 aromatic heterocycles. The van der Waals surface area contributed by atoms with Crippen molar-refractivity contribution in [2.45, 2.75) is 31.7 Å². The molecule has 4 nitrogen and oxygen atoms in total. The quantitative estimate of drug-likeness (QED) is 0.779. The first-order chi connectivity index (χ1) is 8.74. The van der Waals surface area contributed by atoms with Crippen molar-refractivity contribution in [3.8, 4) is 0 Å². The Morgan fingerprint density at radius 3 is 2.67 bits per heavy atom. The molecule has 1 fully saturated rings. The van der Waals surface area contributed by atoms with E-state index in [4.69, 9.17) is 10.8 Å². The number of hydrogen-bond acceptors (Lipinski definition) is 3. The van der Waals surface area contributed by atoms with Crippen molar-refractivity contribution in [2.24, 2.45) is 0 Å². The van der Waals surface area contributed by atoms with Gasteiger partial charge >= 0.3 is 0 Å². The molecule has 0 radical (unpaired) electrons. The molecule has 2 rings (SSSR count). The number of hydrogen-bond donors (Lipinski definition) is 2. The summed E-state index contributed by atoms with van der Waals surface area (Å²) in [7, 11) is 0. The molecule has 0 atom stereocenters. The highest BCUT2D eigenvalue weighted by atomic mass is 16.3. The number of anilines is 1. The third-order valence-electron chi connectivity index (χ3n) is 3.52. The van der Waals surface area contributed by atoms with Crippen molar-refractivity contribution < 1.29 is 9.90 Å². The van der Waals surface area contributed by atoms with Gasteiger partial charge in [-0.1, -0.05) is 12.1 Å². The molecule has 98 valence electrons. The third-order valence-corrected chi connectivity index (χ3v) is 3.52. The molecular weight excluding hydrogens is 228 g/mol. The predicted octanol–water partition coefficient (Wildman–Crippen LogP) is 1.65. The van der Waals surface area contributed by atoms with Gasteiger partial charge in [0.2, 0.25) is 0 Å². The van der Waals surface area contributed by atoms with Crippen LogP contribution >= 0.6 is 0 Å². The van der Waals surface area contributed by atoms with E-state index in [0.717, 1.165) is 12.8 Å². The molecule has 0 spiro atoms. The lowest BCUT2D eigenvalue weighted by atomic mass is 9.90. The Bertz CT molecular complexity index is 416.